The molecule has 1 heterocycles. The number of ether oxygens (including phenoxy) is 1. The number of aliphatic hydroxyl groups is 1. The van der Waals surface area contributed by atoms with Crippen LogP contribution in [0.25, 0.3) is 0 Å². The fourth-order valence-electron chi connectivity index (χ4n) is 1.65. The van der Waals surface area contributed by atoms with Crippen LogP contribution in [-0.4, -0.2) is 18.3 Å². The van der Waals surface area contributed by atoms with Crippen LogP contribution >= 0.6 is 0 Å². The van der Waals surface area contributed by atoms with Crippen LogP contribution in [-0.2, 0) is 12.8 Å². The SMILES string of the molecule is OCCc1cccc2c1CCO2. The van der Waals surface area contributed by atoms with E-state index in [0.717, 1.165) is 25.2 Å². The summed E-state index contributed by atoms with van der Waals surface area (Å²) in [5, 5.41) is 8.81. The zero-order valence-corrected chi connectivity index (χ0v) is 6.92. The van der Waals surface area contributed by atoms with Gasteiger partial charge in [-0.25, -0.2) is 0 Å². The lowest BCUT2D eigenvalue weighted by Crippen LogP contribution is -1.94. The molecule has 1 aliphatic rings. The van der Waals surface area contributed by atoms with Crippen molar-refractivity contribution < 1.29 is 9.84 Å². The molecule has 0 fully saturated rings. The summed E-state index contributed by atoms with van der Waals surface area (Å²) in [5.74, 6) is 1.00. The molecule has 2 rings (SSSR count). The monoisotopic (exact) mass is 164 g/mol. The zero-order chi connectivity index (χ0) is 8.39. The third kappa shape index (κ3) is 1.18. The van der Waals surface area contributed by atoms with Gasteiger partial charge < -0.3 is 9.84 Å². The molecule has 1 aromatic rings. The Bertz CT molecular complexity index is 281. The zero-order valence-electron chi connectivity index (χ0n) is 6.92. The second-order valence-corrected chi connectivity index (χ2v) is 2.97. The third-order valence-electron chi connectivity index (χ3n) is 2.22. The maximum absolute atomic E-state index is 8.81. The average molecular weight is 164 g/mol. The molecule has 0 aromatic heterocycles. The van der Waals surface area contributed by atoms with Gasteiger partial charge in [0.1, 0.15) is 5.75 Å². The van der Waals surface area contributed by atoms with Gasteiger partial charge in [-0.05, 0) is 18.1 Å². The lowest BCUT2D eigenvalue weighted by Gasteiger charge is -2.03. The molecule has 1 aliphatic heterocycles. The molecule has 0 unspecified atom stereocenters. The lowest BCUT2D eigenvalue weighted by molar-refractivity contribution is 0.299. The number of hydrogen-bond acceptors (Lipinski definition) is 2. The summed E-state index contributed by atoms with van der Waals surface area (Å²) in [7, 11) is 0. The molecule has 1 aromatic carbocycles. The fourth-order valence-corrected chi connectivity index (χ4v) is 1.65. The van der Waals surface area contributed by atoms with E-state index in [-0.39, 0.29) is 6.61 Å². The highest BCUT2D eigenvalue weighted by Crippen LogP contribution is 2.28. The van der Waals surface area contributed by atoms with Crippen molar-refractivity contribution in [2.45, 2.75) is 12.8 Å². The second kappa shape index (κ2) is 3.15. The summed E-state index contributed by atoms with van der Waals surface area (Å²) in [6.45, 7) is 1.01. The Morgan fingerprint density at radius 2 is 2.33 bits per heavy atom. The minimum Gasteiger partial charge on any atom is -0.493 e. The topological polar surface area (TPSA) is 29.5 Å². The predicted octanol–water partition coefficient (Wildman–Crippen LogP) is 1.16. The van der Waals surface area contributed by atoms with Gasteiger partial charge >= 0.3 is 0 Å². The van der Waals surface area contributed by atoms with Gasteiger partial charge in [-0.2, -0.15) is 0 Å². The Labute approximate surface area is 71.8 Å². The summed E-state index contributed by atoms with van der Waals surface area (Å²) in [5.41, 5.74) is 2.51. The first kappa shape index (κ1) is 7.62. The number of hydrogen-bond donors (Lipinski definition) is 1. The van der Waals surface area contributed by atoms with Crippen LogP contribution in [0.5, 0.6) is 5.75 Å². The maximum Gasteiger partial charge on any atom is 0.122 e. The van der Waals surface area contributed by atoms with Gasteiger partial charge in [-0.3, -0.25) is 0 Å². The highest BCUT2D eigenvalue weighted by Gasteiger charge is 2.14. The van der Waals surface area contributed by atoms with Crippen LogP contribution in [0.4, 0.5) is 0 Å². The van der Waals surface area contributed by atoms with E-state index in [2.05, 4.69) is 6.07 Å². The minimum absolute atomic E-state index is 0.219. The fraction of sp³-hybridized carbons (Fsp3) is 0.400. The molecule has 0 atom stereocenters. The summed E-state index contributed by atoms with van der Waals surface area (Å²) < 4.78 is 5.40. The van der Waals surface area contributed by atoms with Crippen molar-refractivity contribution in [1.29, 1.82) is 0 Å². The molecule has 0 saturated heterocycles. The third-order valence-corrected chi connectivity index (χ3v) is 2.22. The predicted molar refractivity (Wildman–Crippen MR) is 46.4 cm³/mol. The van der Waals surface area contributed by atoms with Crippen LogP contribution in [0.1, 0.15) is 11.1 Å². The summed E-state index contributed by atoms with van der Waals surface area (Å²) in [6.07, 6.45) is 1.73. The van der Waals surface area contributed by atoms with Gasteiger partial charge in [-0.15, -0.1) is 0 Å². The van der Waals surface area contributed by atoms with Crippen LogP contribution in [0.3, 0.4) is 0 Å². The van der Waals surface area contributed by atoms with Crippen molar-refractivity contribution >= 4 is 0 Å². The van der Waals surface area contributed by atoms with E-state index in [4.69, 9.17) is 9.84 Å². The van der Waals surface area contributed by atoms with Crippen molar-refractivity contribution in [1.82, 2.24) is 0 Å². The first-order valence-corrected chi connectivity index (χ1v) is 4.26. The second-order valence-electron chi connectivity index (χ2n) is 2.97. The van der Waals surface area contributed by atoms with Crippen LogP contribution in [0, 0.1) is 0 Å². The molecule has 0 saturated carbocycles. The molecule has 2 nitrogen and oxygen atoms in total. The molecule has 12 heavy (non-hydrogen) atoms. The maximum atomic E-state index is 8.81. The van der Waals surface area contributed by atoms with Gasteiger partial charge in [0.25, 0.3) is 0 Å². The highest BCUT2D eigenvalue weighted by molar-refractivity contribution is 5.42. The van der Waals surface area contributed by atoms with Gasteiger partial charge in [0.15, 0.2) is 0 Å². The van der Waals surface area contributed by atoms with Crippen molar-refractivity contribution in [2.24, 2.45) is 0 Å². The number of aliphatic hydroxyl groups excluding tert-OH is 1. The lowest BCUT2D eigenvalue weighted by atomic mass is 10.0. The van der Waals surface area contributed by atoms with Gasteiger partial charge in [0, 0.05) is 18.6 Å². The number of rotatable bonds is 2. The highest BCUT2D eigenvalue weighted by atomic mass is 16.5. The van der Waals surface area contributed by atoms with Crippen LogP contribution in [0.2, 0.25) is 0 Å². The van der Waals surface area contributed by atoms with E-state index in [9.17, 15) is 0 Å². The van der Waals surface area contributed by atoms with E-state index in [1.165, 1.54) is 11.1 Å². The average Bonchev–Trinajstić information content (AvgIpc) is 2.53. The molecule has 0 bridgehead atoms. The smallest absolute Gasteiger partial charge is 0.122 e. The first-order chi connectivity index (χ1) is 5.92. The van der Waals surface area contributed by atoms with E-state index in [0.29, 0.717) is 0 Å². The van der Waals surface area contributed by atoms with E-state index >= 15 is 0 Å². The quantitative estimate of drug-likeness (QED) is 0.710. The molecule has 2 heteroatoms. The molecule has 1 N–H and O–H groups in total. The van der Waals surface area contributed by atoms with E-state index in [1.807, 2.05) is 12.1 Å². The van der Waals surface area contributed by atoms with Crippen molar-refractivity contribution in [2.75, 3.05) is 13.2 Å². The largest absolute Gasteiger partial charge is 0.493 e. The van der Waals surface area contributed by atoms with Crippen molar-refractivity contribution in [3.63, 3.8) is 0 Å². The number of benzene rings is 1. The first-order valence-electron chi connectivity index (χ1n) is 4.26. The van der Waals surface area contributed by atoms with Crippen LogP contribution in [0.15, 0.2) is 18.2 Å². The summed E-state index contributed by atoms with van der Waals surface area (Å²) in [4.78, 5) is 0. The summed E-state index contributed by atoms with van der Waals surface area (Å²) in [6, 6.07) is 6.03. The van der Waals surface area contributed by atoms with Crippen molar-refractivity contribution in [3.05, 3.63) is 29.3 Å². The molecule has 0 spiro atoms. The van der Waals surface area contributed by atoms with E-state index < -0.39 is 0 Å². The van der Waals surface area contributed by atoms with Crippen molar-refractivity contribution in [3.8, 4) is 5.75 Å². The molecule has 0 amide bonds. The summed E-state index contributed by atoms with van der Waals surface area (Å²) >= 11 is 0. The Hall–Kier alpha value is -1.02. The minimum atomic E-state index is 0.219. The molecular weight excluding hydrogens is 152 g/mol. The molecule has 64 valence electrons. The normalized spacial score (nSPS) is 14.1. The van der Waals surface area contributed by atoms with Gasteiger partial charge in [-0.1, -0.05) is 12.1 Å². The Balaban J connectivity index is 2.36. The standard InChI is InChI=1S/C10H12O2/c11-6-4-8-2-1-3-10-9(8)5-7-12-10/h1-3,11H,4-7H2. The molecular formula is C10H12O2. The van der Waals surface area contributed by atoms with Crippen LogP contribution < -0.4 is 4.74 Å². The number of fused-ring (bicyclic) bond motifs is 1. The Morgan fingerprint density at radius 1 is 1.42 bits per heavy atom. The molecule has 0 radical (unpaired) electrons. The van der Waals surface area contributed by atoms with Gasteiger partial charge in [0.2, 0.25) is 0 Å². The molecule has 0 aliphatic carbocycles. The Morgan fingerprint density at radius 3 is 3.17 bits per heavy atom. The van der Waals surface area contributed by atoms with Gasteiger partial charge in [0.05, 0.1) is 6.61 Å². The Kier molecular flexibility index (Phi) is 2.00. The van der Waals surface area contributed by atoms with E-state index in [1.54, 1.807) is 0 Å².